The van der Waals surface area contributed by atoms with E-state index in [1.165, 1.54) is 19.4 Å². The van der Waals surface area contributed by atoms with Crippen LogP contribution in [0.15, 0.2) is 0 Å². The third kappa shape index (κ3) is 2.75. The van der Waals surface area contributed by atoms with Crippen LogP contribution in [0.2, 0.25) is 0 Å². The molecular weight excluding hydrogens is 204 g/mol. The zero-order valence-electron chi connectivity index (χ0n) is 8.15. The molecule has 0 radical (unpaired) electrons. The Balaban J connectivity index is 0.000000980. The van der Waals surface area contributed by atoms with E-state index >= 15 is 0 Å². The first kappa shape index (κ1) is 11.6. The van der Waals surface area contributed by atoms with Gasteiger partial charge in [-0.3, -0.25) is 4.90 Å². The van der Waals surface area contributed by atoms with Crippen LogP contribution < -0.4 is 5.73 Å². The summed E-state index contributed by atoms with van der Waals surface area (Å²) in [5.41, 5.74) is 4.99. The fraction of sp³-hybridized carbons (Fsp3) is 0.889. The minimum atomic E-state index is -0.633. The average molecular weight is 221 g/mol. The van der Waals surface area contributed by atoms with Crippen LogP contribution in [0.1, 0.15) is 19.3 Å². The van der Waals surface area contributed by atoms with Crippen LogP contribution in [0.3, 0.4) is 0 Å². The van der Waals surface area contributed by atoms with Gasteiger partial charge in [0.2, 0.25) is 0 Å². The number of hydrogen-bond acceptors (Lipinski definition) is 3. The van der Waals surface area contributed by atoms with Crippen molar-refractivity contribution in [2.24, 2.45) is 11.7 Å². The predicted octanol–water partition coefficient (Wildman–Crippen LogP) is 0.988. The summed E-state index contributed by atoms with van der Waals surface area (Å²) in [6.07, 6.45) is 2.96. The van der Waals surface area contributed by atoms with Gasteiger partial charge in [0.1, 0.15) is 6.10 Å². The molecule has 0 spiro atoms. The number of nitrogens with two attached hydrogens (primary N) is 1. The van der Waals surface area contributed by atoms with Gasteiger partial charge in [-0.25, -0.2) is 4.79 Å². The molecule has 0 aromatic carbocycles. The highest BCUT2D eigenvalue weighted by molar-refractivity contribution is 5.85. The molecule has 2 bridgehead atoms. The number of nitrogens with zero attached hydrogens (tertiary/aromatic N) is 1. The van der Waals surface area contributed by atoms with Crippen LogP contribution in [0.4, 0.5) is 4.79 Å². The fourth-order valence-corrected chi connectivity index (χ4v) is 2.49. The molecule has 2 aliphatic rings. The summed E-state index contributed by atoms with van der Waals surface area (Å²) in [5.74, 6) is 0.715. The normalized spacial score (nSPS) is 35.6. The quantitative estimate of drug-likeness (QED) is 0.717. The van der Waals surface area contributed by atoms with Crippen molar-refractivity contribution in [1.29, 1.82) is 0 Å². The highest BCUT2D eigenvalue weighted by Crippen LogP contribution is 2.27. The first-order valence-corrected chi connectivity index (χ1v) is 4.92. The first-order valence-electron chi connectivity index (χ1n) is 4.92. The van der Waals surface area contributed by atoms with E-state index in [0.29, 0.717) is 5.92 Å². The topological polar surface area (TPSA) is 55.6 Å². The summed E-state index contributed by atoms with van der Waals surface area (Å²) in [4.78, 5) is 12.9. The van der Waals surface area contributed by atoms with E-state index in [1.807, 2.05) is 0 Å². The van der Waals surface area contributed by atoms with E-state index in [2.05, 4.69) is 4.90 Å². The summed E-state index contributed by atoms with van der Waals surface area (Å²) >= 11 is 0. The van der Waals surface area contributed by atoms with Crippen LogP contribution in [0.25, 0.3) is 0 Å². The zero-order chi connectivity index (χ0) is 9.26. The smallest absolute Gasteiger partial charge is 0.404 e. The van der Waals surface area contributed by atoms with Gasteiger partial charge in [-0.1, -0.05) is 0 Å². The number of carbonyl (C=O) groups is 1. The van der Waals surface area contributed by atoms with Crippen molar-refractivity contribution in [1.82, 2.24) is 4.90 Å². The average Bonchev–Trinajstić information content (AvgIpc) is 2.01. The molecule has 2 saturated heterocycles. The molecule has 2 aliphatic heterocycles. The molecule has 2 N–H and O–H groups in total. The summed E-state index contributed by atoms with van der Waals surface area (Å²) in [5, 5.41) is 0. The molecule has 82 valence electrons. The monoisotopic (exact) mass is 220 g/mol. The van der Waals surface area contributed by atoms with Crippen molar-refractivity contribution < 1.29 is 9.53 Å². The molecule has 0 saturated carbocycles. The second-order valence-corrected chi connectivity index (χ2v) is 4.06. The van der Waals surface area contributed by atoms with Crippen LogP contribution in [-0.4, -0.2) is 36.7 Å². The molecule has 0 aromatic heterocycles. The maximum atomic E-state index is 10.6. The maximum Gasteiger partial charge on any atom is 0.404 e. The first-order chi connectivity index (χ1) is 6.24. The van der Waals surface area contributed by atoms with Crippen LogP contribution in [0, 0.1) is 5.92 Å². The fourth-order valence-electron chi connectivity index (χ4n) is 2.49. The van der Waals surface area contributed by atoms with E-state index in [0.717, 1.165) is 19.5 Å². The lowest BCUT2D eigenvalue weighted by Gasteiger charge is -2.40. The molecule has 3 unspecified atom stereocenters. The van der Waals surface area contributed by atoms with Gasteiger partial charge in [0.05, 0.1) is 0 Å². The van der Waals surface area contributed by atoms with Crippen molar-refractivity contribution >= 4 is 18.5 Å². The number of primary amides is 1. The zero-order valence-corrected chi connectivity index (χ0v) is 8.96. The van der Waals surface area contributed by atoms with Gasteiger partial charge < -0.3 is 10.5 Å². The van der Waals surface area contributed by atoms with E-state index in [-0.39, 0.29) is 18.5 Å². The second-order valence-electron chi connectivity index (χ2n) is 4.06. The van der Waals surface area contributed by atoms with Gasteiger partial charge in [0.15, 0.2) is 0 Å². The Bertz CT molecular complexity index is 201. The summed E-state index contributed by atoms with van der Waals surface area (Å²) in [6, 6.07) is 0. The van der Waals surface area contributed by atoms with Crippen molar-refractivity contribution in [3.63, 3.8) is 0 Å². The highest BCUT2D eigenvalue weighted by atomic mass is 35.5. The summed E-state index contributed by atoms with van der Waals surface area (Å²) in [7, 11) is 0. The molecule has 0 aromatic rings. The minimum Gasteiger partial charge on any atom is -0.445 e. The number of amides is 1. The van der Waals surface area contributed by atoms with E-state index < -0.39 is 6.09 Å². The lowest BCUT2D eigenvalue weighted by Crippen LogP contribution is -2.48. The number of piperidine rings is 2. The van der Waals surface area contributed by atoms with Crippen molar-refractivity contribution in [3.8, 4) is 0 Å². The Morgan fingerprint density at radius 2 is 2.21 bits per heavy atom. The van der Waals surface area contributed by atoms with E-state index in [4.69, 9.17) is 10.5 Å². The molecule has 2 rings (SSSR count). The molecule has 14 heavy (non-hydrogen) atoms. The van der Waals surface area contributed by atoms with Crippen LogP contribution >= 0.6 is 12.4 Å². The Morgan fingerprint density at radius 3 is 2.86 bits per heavy atom. The molecule has 2 fully saturated rings. The van der Waals surface area contributed by atoms with Gasteiger partial charge in [-0.15, -0.1) is 12.4 Å². The standard InChI is InChI=1S/C9H16N2O2.ClH/c10-9(12)13-8-4-7-2-1-3-11(5-7)6-8;/h7-8H,1-6H2,(H2,10,12);1H. The molecule has 4 nitrogen and oxygen atoms in total. The number of hydrogen-bond donors (Lipinski definition) is 1. The van der Waals surface area contributed by atoms with Crippen molar-refractivity contribution in [3.05, 3.63) is 0 Å². The minimum absolute atomic E-state index is 0. The molecular formula is C9H17ClN2O2. The number of ether oxygens (including phenoxy) is 1. The predicted molar refractivity (Wildman–Crippen MR) is 55.5 cm³/mol. The van der Waals surface area contributed by atoms with E-state index in [1.54, 1.807) is 0 Å². The van der Waals surface area contributed by atoms with Crippen molar-refractivity contribution in [2.45, 2.75) is 25.4 Å². The van der Waals surface area contributed by atoms with Crippen LogP contribution in [0.5, 0.6) is 0 Å². The Labute approximate surface area is 90.2 Å². The Morgan fingerprint density at radius 1 is 1.43 bits per heavy atom. The summed E-state index contributed by atoms with van der Waals surface area (Å²) < 4.78 is 5.02. The van der Waals surface area contributed by atoms with Crippen LogP contribution in [-0.2, 0) is 4.74 Å². The lowest BCUT2D eigenvalue weighted by molar-refractivity contribution is 0.00515. The number of carbonyl (C=O) groups excluding carboxylic acids is 1. The number of fused-ring (bicyclic) bond motifs is 2. The number of rotatable bonds is 1. The molecule has 0 aliphatic carbocycles. The third-order valence-electron chi connectivity index (χ3n) is 2.94. The second kappa shape index (κ2) is 4.84. The largest absolute Gasteiger partial charge is 0.445 e. The molecule has 1 amide bonds. The van der Waals surface area contributed by atoms with Gasteiger partial charge in [-0.05, 0) is 31.7 Å². The van der Waals surface area contributed by atoms with E-state index in [9.17, 15) is 4.79 Å². The maximum absolute atomic E-state index is 10.6. The van der Waals surface area contributed by atoms with Gasteiger partial charge in [0, 0.05) is 13.1 Å². The number of halogens is 1. The van der Waals surface area contributed by atoms with Crippen molar-refractivity contribution in [2.75, 3.05) is 19.6 Å². The Hall–Kier alpha value is -0.480. The molecule has 2 heterocycles. The molecule has 3 atom stereocenters. The third-order valence-corrected chi connectivity index (χ3v) is 2.94. The van der Waals surface area contributed by atoms with Gasteiger partial charge in [-0.2, -0.15) is 0 Å². The highest BCUT2D eigenvalue weighted by Gasteiger charge is 2.31. The molecule has 5 heteroatoms. The van der Waals surface area contributed by atoms with Gasteiger partial charge in [0.25, 0.3) is 0 Å². The SMILES string of the molecule is Cl.NC(=O)OC1CC2CCCN(C2)C1. The Kier molecular flexibility index (Phi) is 4.01. The van der Waals surface area contributed by atoms with Gasteiger partial charge >= 0.3 is 6.09 Å². The summed E-state index contributed by atoms with van der Waals surface area (Å²) in [6.45, 7) is 3.20. The lowest BCUT2D eigenvalue weighted by atomic mass is 9.88.